The van der Waals surface area contributed by atoms with Gasteiger partial charge in [-0.3, -0.25) is 4.98 Å². The Morgan fingerprint density at radius 2 is 2.13 bits per heavy atom. The van der Waals surface area contributed by atoms with Gasteiger partial charge >= 0.3 is 0 Å². The first kappa shape index (κ1) is 19.8. The Balaban J connectivity index is 1.46. The van der Waals surface area contributed by atoms with Gasteiger partial charge in [-0.2, -0.15) is 0 Å². The Bertz CT molecular complexity index is 960. The topological polar surface area (TPSA) is 68.6 Å². The van der Waals surface area contributed by atoms with Crippen LogP contribution in [0, 0.1) is 12.8 Å². The number of benzene rings is 1. The van der Waals surface area contributed by atoms with Crippen LogP contribution in [-0.4, -0.2) is 39.7 Å². The van der Waals surface area contributed by atoms with Crippen LogP contribution in [0.5, 0.6) is 5.75 Å². The maximum atomic E-state index is 10.5. The van der Waals surface area contributed by atoms with Crippen molar-refractivity contribution in [1.29, 1.82) is 0 Å². The fourth-order valence-corrected chi connectivity index (χ4v) is 6.51. The number of aromatic hydroxyl groups is 1. The number of hydrogen-bond acceptors (Lipinski definition) is 5. The number of aliphatic hydroxyl groups excluding tert-OH is 1. The Kier molecular flexibility index (Phi) is 4.98. The van der Waals surface area contributed by atoms with Crippen molar-refractivity contribution in [3.8, 4) is 5.75 Å². The quantitative estimate of drug-likeness (QED) is 0.717. The maximum absolute atomic E-state index is 10.5. The van der Waals surface area contributed by atoms with Crippen LogP contribution in [0.2, 0.25) is 0 Å². The number of nitrogens with zero attached hydrogens (tertiary/aromatic N) is 2. The molecule has 30 heavy (non-hydrogen) atoms. The van der Waals surface area contributed by atoms with Crippen LogP contribution in [0.15, 0.2) is 24.4 Å². The van der Waals surface area contributed by atoms with Gasteiger partial charge in [-0.15, -0.1) is 0 Å². The molecule has 2 heterocycles. The first-order chi connectivity index (χ1) is 14.5. The molecule has 1 aromatic heterocycles. The predicted molar refractivity (Wildman–Crippen MR) is 119 cm³/mol. The number of likely N-dealkylation sites (N-methyl/N-ethyl adjacent to an activating group) is 1. The van der Waals surface area contributed by atoms with E-state index in [4.69, 9.17) is 0 Å². The number of fused-ring (bicyclic) bond motifs is 1. The van der Waals surface area contributed by atoms with Crippen molar-refractivity contribution in [2.24, 2.45) is 5.92 Å². The zero-order chi connectivity index (χ0) is 20.9. The van der Waals surface area contributed by atoms with Gasteiger partial charge in [0.05, 0.1) is 12.3 Å². The molecule has 5 nitrogen and oxygen atoms in total. The van der Waals surface area contributed by atoms with E-state index in [2.05, 4.69) is 40.4 Å². The van der Waals surface area contributed by atoms with Crippen LogP contribution in [0.4, 0.5) is 5.69 Å². The van der Waals surface area contributed by atoms with Gasteiger partial charge in [0, 0.05) is 41.0 Å². The average Bonchev–Trinajstić information content (AvgIpc) is 2.77. The van der Waals surface area contributed by atoms with Crippen molar-refractivity contribution in [3.63, 3.8) is 0 Å². The second-order valence-corrected chi connectivity index (χ2v) is 9.59. The number of piperidine rings is 1. The zero-order valence-corrected chi connectivity index (χ0v) is 18.1. The summed E-state index contributed by atoms with van der Waals surface area (Å²) in [7, 11) is 2.31. The summed E-state index contributed by atoms with van der Waals surface area (Å²) in [5.74, 6) is 0.955. The molecule has 1 saturated heterocycles. The highest BCUT2D eigenvalue weighted by Crippen LogP contribution is 2.55. The molecular weight excluding hydrogens is 374 g/mol. The van der Waals surface area contributed by atoms with Crippen molar-refractivity contribution < 1.29 is 10.2 Å². The summed E-state index contributed by atoms with van der Waals surface area (Å²) >= 11 is 0. The minimum atomic E-state index is -0.123. The van der Waals surface area contributed by atoms with Crippen LogP contribution in [0.25, 0.3) is 0 Å². The number of aliphatic hydroxyl groups is 1. The van der Waals surface area contributed by atoms with E-state index < -0.39 is 0 Å². The van der Waals surface area contributed by atoms with Gasteiger partial charge in [0.15, 0.2) is 0 Å². The Morgan fingerprint density at radius 1 is 1.27 bits per heavy atom. The lowest BCUT2D eigenvalue weighted by molar-refractivity contribution is 0.00290. The zero-order valence-electron chi connectivity index (χ0n) is 18.1. The molecule has 2 aromatic rings. The molecule has 2 bridgehead atoms. The third-order valence-electron chi connectivity index (χ3n) is 8.18. The molecule has 0 radical (unpaired) electrons. The molecular formula is C25H33N3O2. The van der Waals surface area contributed by atoms with Crippen LogP contribution in [0.3, 0.4) is 0 Å². The second kappa shape index (κ2) is 7.54. The number of likely N-dealkylation sites (tertiary alicyclic amines) is 1. The van der Waals surface area contributed by atoms with Crippen molar-refractivity contribution in [2.75, 3.05) is 18.9 Å². The van der Waals surface area contributed by atoms with Gasteiger partial charge in [0.1, 0.15) is 5.75 Å². The summed E-state index contributed by atoms with van der Waals surface area (Å²) in [5, 5.41) is 23.6. The third kappa shape index (κ3) is 3.02. The number of rotatable bonds is 4. The number of aryl methyl sites for hydroxylation is 1. The number of nitrogens with one attached hydrogen (secondary N) is 1. The highest BCUT2D eigenvalue weighted by atomic mass is 16.3. The molecule has 5 heteroatoms. The Labute approximate surface area is 179 Å². The predicted octanol–water partition coefficient (Wildman–Crippen LogP) is 3.89. The van der Waals surface area contributed by atoms with E-state index in [0.717, 1.165) is 23.6 Å². The molecule has 0 amide bonds. The number of pyridine rings is 1. The van der Waals surface area contributed by atoms with Gasteiger partial charge in [0.2, 0.25) is 0 Å². The number of anilines is 1. The number of aromatic nitrogens is 1. The van der Waals surface area contributed by atoms with Gasteiger partial charge in [0.25, 0.3) is 0 Å². The lowest BCUT2D eigenvalue weighted by Gasteiger charge is -2.58. The fourth-order valence-electron chi connectivity index (χ4n) is 6.51. The smallest absolute Gasteiger partial charge is 0.142 e. The maximum Gasteiger partial charge on any atom is 0.142 e. The molecule has 5 rings (SSSR count). The van der Waals surface area contributed by atoms with Gasteiger partial charge in [-0.25, -0.2) is 0 Å². The molecule has 2 fully saturated rings. The van der Waals surface area contributed by atoms with Gasteiger partial charge in [-0.05, 0) is 75.4 Å². The highest BCUT2D eigenvalue weighted by molar-refractivity contribution is 5.55. The van der Waals surface area contributed by atoms with E-state index in [9.17, 15) is 10.2 Å². The summed E-state index contributed by atoms with van der Waals surface area (Å²) in [6, 6.07) is 7.58. The van der Waals surface area contributed by atoms with Gasteiger partial charge < -0.3 is 20.4 Å². The van der Waals surface area contributed by atoms with Crippen LogP contribution in [0.1, 0.15) is 60.1 Å². The van der Waals surface area contributed by atoms with Crippen molar-refractivity contribution in [2.45, 2.75) is 70.1 Å². The molecule has 3 aliphatic rings. The third-order valence-corrected chi connectivity index (χ3v) is 8.18. The highest BCUT2D eigenvalue weighted by Gasteiger charge is 2.52. The molecule has 0 unspecified atom stereocenters. The van der Waals surface area contributed by atoms with E-state index in [0.29, 0.717) is 29.3 Å². The van der Waals surface area contributed by atoms with E-state index in [-0.39, 0.29) is 12.4 Å². The minimum absolute atomic E-state index is 0.123. The van der Waals surface area contributed by atoms with Crippen LogP contribution >= 0.6 is 0 Å². The summed E-state index contributed by atoms with van der Waals surface area (Å²) in [6.45, 7) is 3.34. The minimum Gasteiger partial charge on any atom is -0.506 e. The Morgan fingerprint density at radius 3 is 2.97 bits per heavy atom. The molecule has 1 aliphatic heterocycles. The molecule has 1 aromatic carbocycles. The second-order valence-electron chi connectivity index (χ2n) is 9.59. The van der Waals surface area contributed by atoms with E-state index in [1.54, 1.807) is 18.7 Å². The molecule has 160 valence electrons. The normalized spacial score (nSPS) is 28.0. The average molecular weight is 408 g/mol. The summed E-state index contributed by atoms with van der Waals surface area (Å²) in [6.07, 6.45) is 9.47. The summed E-state index contributed by atoms with van der Waals surface area (Å²) in [4.78, 5) is 6.77. The SMILES string of the molecule is Cc1ncc(CO)c(CNc2ccc3c(c2)[C@@]24CCCC[C@@H]2[C@@H](C3)N(C)CC4)c1O. The van der Waals surface area contributed by atoms with Crippen LogP contribution in [-0.2, 0) is 25.0 Å². The monoisotopic (exact) mass is 407 g/mol. The summed E-state index contributed by atoms with van der Waals surface area (Å²) in [5.41, 5.74) is 6.53. The largest absolute Gasteiger partial charge is 0.506 e. The lowest BCUT2D eigenvalue weighted by Crippen LogP contribution is -2.59. The molecule has 3 atom stereocenters. The Hall–Kier alpha value is -2.11. The summed E-state index contributed by atoms with van der Waals surface area (Å²) < 4.78 is 0. The first-order valence-corrected chi connectivity index (χ1v) is 11.4. The molecule has 0 spiro atoms. The van der Waals surface area contributed by atoms with E-state index in [1.165, 1.54) is 44.2 Å². The molecule has 2 aliphatic carbocycles. The van der Waals surface area contributed by atoms with E-state index >= 15 is 0 Å². The standard InChI is InChI=1S/C25H33N3O2/c1-16-24(30)20(18(15-29)13-26-16)14-27-19-7-6-17-11-23-21-5-3-4-8-25(21,22(17)12-19)9-10-28(23)2/h6-7,12-13,21,23,27,29-30H,3-5,8-11,14-15H2,1-2H3/t21-,23-,25-/m1/s1. The first-order valence-electron chi connectivity index (χ1n) is 11.4. The number of hydrogen-bond donors (Lipinski definition) is 3. The molecule has 3 N–H and O–H groups in total. The van der Waals surface area contributed by atoms with Crippen molar-refractivity contribution in [1.82, 2.24) is 9.88 Å². The van der Waals surface area contributed by atoms with Crippen molar-refractivity contribution >= 4 is 5.69 Å². The van der Waals surface area contributed by atoms with Crippen molar-refractivity contribution in [3.05, 3.63) is 52.3 Å². The lowest BCUT2D eigenvalue weighted by atomic mass is 9.52. The van der Waals surface area contributed by atoms with Gasteiger partial charge in [-0.1, -0.05) is 18.9 Å². The fraction of sp³-hybridized carbons (Fsp3) is 0.560. The van der Waals surface area contributed by atoms with E-state index in [1.807, 2.05) is 0 Å². The van der Waals surface area contributed by atoms with Crippen LogP contribution < -0.4 is 5.32 Å². The molecule has 1 saturated carbocycles.